The van der Waals surface area contributed by atoms with Crippen LogP contribution in [0.4, 0.5) is 10.5 Å². The fourth-order valence-corrected chi connectivity index (χ4v) is 4.28. The quantitative estimate of drug-likeness (QED) is 0.592. The molecule has 7 nitrogen and oxygen atoms in total. The largest absolute Gasteiger partial charge is 0.497 e. The van der Waals surface area contributed by atoms with Crippen LogP contribution in [-0.2, 0) is 9.59 Å². The summed E-state index contributed by atoms with van der Waals surface area (Å²) >= 11 is 0. The van der Waals surface area contributed by atoms with Crippen LogP contribution in [0.15, 0.2) is 36.4 Å². The van der Waals surface area contributed by atoms with Gasteiger partial charge in [-0.2, -0.15) is 0 Å². The van der Waals surface area contributed by atoms with E-state index in [1.165, 1.54) is 6.42 Å². The summed E-state index contributed by atoms with van der Waals surface area (Å²) in [6, 6.07) is 5.29. The number of hydrogen-bond acceptors (Lipinski definition) is 4. The van der Waals surface area contributed by atoms with E-state index in [0.717, 1.165) is 11.3 Å². The van der Waals surface area contributed by atoms with Gasteiger partial charge in [0, 0.05) is 6.54 Å². The number of amides is 4. The molecule has 7 heteroatoms. The van der Waals surface area contributed by atoms with Gasteiger partial charge in [0.2, 0.25) is 5.91 Å². The maximum absolute atomic E-state index is 12.6. The number of nitrogens with one attached hydrogen (secondary N) is 2. The molecule has 1 aromatic carbocycles. The third kappa shape index (κ3) is 3.41. The van der Waals surface area contributed by atoms with Crippen LogP contribution in [0.25, 0.3) is 0 Å². The van der Waals surface area contributed by atoms with Crippen LogP contribution in [-0.4, -0.2) is 37.5 Å². The standard InChI is InChI=1S/C20H23N3O4/c1-27-16-6-4-15(5-7-16)23-19(25)17(22-20(23)26)10-18(24)21-11-14-9-12-2-3-13(14)8-12/h2-7,12-14,17H,8-11H2,1H3,(H,21,24)(H,22,26)/t12-,13-,14+,17-/m0/s1. The first kappa shape index (κ1) is 17.6. The fourth-order valence-electron chi connectivity index (χ4n) is 4.28. The minimum Gasteiger partial charge on any atom is -0.497 e. The molecule has 0 spiro atoms. The summed E-state index contributed by atoms with van der Waals surface area (Å²) in [5, 5.41) is 5.53. The average molecular weight is 369 g/mol. The van der Waals surface area contributed by atoms with Crippen molar-refractivity contribution in [2.45, 2.75) is 25.3 Å². The van der Waals surface area contributed by atoms with Crippen molar-refractivity contribution in [3.05, 3.63) is 36.4 Å². The lowest BCUT2D eigenvalue weighted by Gasteiger charge is -2.19. The monoisotopic (exact) mass is 369 g/mol. The Labute approximate surface area is 157 Å². The van der Waals surface area contributed by atoms with Gasteiger partial charge in [-0.3, -0.25) is 9.59 Å². The van der Waals surface area contributed by atoms with Gasteiger partial charge in [-0.25, -0.2) is 9.69 Å². The molecule has 1 aliphatic heterocycles. The van der Waals surface area contributed by atoms with E-state index in [0.29, 0.717) is 35.7 Å². The predicted molar refractivity (Wildman–Crippen MR) is 99.3 cm³/mol. The van der Waals surface area contributed by atoms with Gasteiger partial charge in [-0.15, -0.1) is 0 Å². The maximum atomic E-state index is 12.6. The number of carbonyl (C=O) groups excluding carboxylic acids is 3. The highest BCUT2D eigenvalue weighted by atomic mass is 16.5. The normalized spacial score (nSPS) is 28.6. The average Bonchev–Trinajstić information content (AvgIpc) is 3.36. The van der Waals surface area contributed by atoms with Crippen LogP contribution in [0.2, 0.25) is 0 Å². The zero-order chi connectivity index (χ0) is 19.0. The maximum Gasteiger partial charge on any atom is 0.329 e. The van der Waals surface area contributed by atoms with E-state index in [9.17, 15) is 14.4 Å². The van der Waals surface area contributed by atoms with Crippen molar-refractivity contribution in [1.29, 1.82) is 0 Å². The van der Waals surface area contributed by atoms with Gasteiger partial charge in [0.1, 0.15) is 11.8 Å². The van der Waals surface area contributed by atoms with Gasteiger partial charge in [0.15, 0.2) is 0 Å². The van der Waals surface area contributed by atoms with E-state index < -0.39 is 18.0 Å². The Morgan fingerprint density at radius 2 is 2.00 bits per heavy atom. The lowest BCUT2D eigenvalue weighted by Crippen LogP contribution is -2.38. The molecular formula is C20H23N3O4. The molecular weight excluding hydrogens is 346 g/mol. The summed E-state index contributed by atoms with van der Waals surface area (Å²) in [4.78, 5) is 38.1. The molecule has 1 heterocycles. The summed E-state index contributed by atoms with van der Waals surface area (Å²) < 4.78 is 5.09. The number of fused-ring (bicyclic) bond motifs is 2. The Balaban J connectivity index is 1.32. The van der Waals surface area contributed by atoms with Crippen LogP contribution < -0.4 is 20.3 Å². The van der Waals surface area contributed by atoms with Gasteiger partial charge in [0.25, 0.3) is 5.91 Å². The number of anilines is 1. The summed E-state index contributed by atoms with van der Waals surface area (Å²) in [6.07, 6.45) is 6.77. The second kappa shape index (κ2) is 7.06. The van der Waals surface area contributed by atoms with Gasteiger partial charge >= 0.3 is 6.03 Å². The molecule has 2 bridgehead atoms. The van der Waals surface area contributed by atoms with E-state index in [-0.39, 0.29) is 12.3 Å². The number of allylic oxidation sites excluding steroid dienone is 2. The Bertz CT molecular complexity index is 789. The molecule has 2 N–H and O–H groups in total. The number of nitrogens with zero attached hydrogens (tertiary/aromatic N) is 1. The molecule has 27 heavy (non-hydrogen) atoms. The first-order valence-electron chi connectivity index (χ1n) is 9.28. The number of methoxy groups -OCH3 is 1. The van der Waals surface area contributed by atoms with Crippen molar-refractivity contribution in [1.82, 2.24) is 10.6 Å². The fraction of sp³-hybridized carbons (Fsp3) is 0.450. The number of carbonyl (C=O) groups is 3. The highest BCUT2D eigenvalue weighted by molar-refractivity contribution is 6.22. The number of ether oxygens (including phenoxy) is 1. The van der Waals surface area contributed by atoms with Crippen molar-refractivity contribution in [2.24, 2.45) is 17.8 Å². The van der Waals surface area contributed by atoms with Crippen LogP contribution in [0.5, 0.6) is 5.75 Å². The second-order valence-electron chi connectivity index (χ2n) is 7.42. The van der Waals surface area contributed by atoms with Crippen LogP contribution >= 0.6 is 0 Å². The molecule has 2 aliphatic carbocycles. The van der Waals surface area contributed by atoms with E-state index >= 15 is 0 Å². The van der Waals surface area contributed by atoms with E-state index in [2.05, 4.69) is 22.8 Å². The van der Waals surface area contributed by atoms with Crippen LogP contribution in [0.3, 0.4) is 0 Å². The highest BCUT2D eigenvalue weighted by Gasteiger charge is 2.40. The smallest absolute Gasteiger partial charge is 0.329 e. The van der Waals surface area contributed by atoms with Crippen molar-refractivity contribution < 1.29 is 19.1 Å². The first-order chi connectivity index (χ1) is 13.0. The minimum atomic E-state index is -0.834. The summed E-state index contributed by atoms with van der Waals surface area (Å²) in [7, 11) is 1.55. The SMILES string of the molecule is COc1ccc(N2C(=O)N[C@@H](CC(=O)NC[C@H]3C[C@H]4C=C[C@H]3C4)C2=O)cc1. The first-order valence-corrected chi connectivity index (χ1v) is 9.28. The molecule has 0 aromatic heterocycles. The molecule has 3 aliphatic rings. The molecule has 0 radical (unpaired) electrons. The molecule has 142 valence electrons. The summed E-state index contributed by atoms with van der Waals surface area (Å²) in [6.45, 7) is 0.626. The van der Waals surface area contributed by atoms with Crippen molar-refractivity contribution in [3.8, 4) is 5.75 Å². The van der Waals surface area contributed by atoms with E-state index in [4.69, 9.17) is 4.74 Å². The zero-order valence-corrected chi connectivity index (χ0v) is 15.2. The molecule has 4 rings (SSSR count). The van der Waals surface area contributed by atoms with Gasteiger partial charge in [-0.1, -0.05) is 12.2 Å². The third-order valence-electron chi connectivity index (χ3n) is 5.72. The van der Waals surface area contributed by atoms with Gasteiger partial charge in [-0.05, 0) is 54.9 Å². The number of urea groups is 1. The number of rotatable bonds is 6. The number of hydrogen-bond donors (Lipinski definition) is 2. The van der Waals surface area contributed by atoms with E-state index in [1.54, 1.807) is 31.4 Å². The topological polar surface area (TPSA) is 87.7 Å². The molecule has 0 unspecified atom stereocenters. The Kier molecular flexibility index (Phi) is 4.59. The summed E-state index contributed by atoms with van der Waals surface area (Å²) in [5.41, 5.74) is 0.454. The van der Waals surface area contributed by atoms with Crippen molar-refractivity contribution in [2.75, 3.05) is 18.6 Å². The van der Waals surface area contributed by atoms with Gasteiger partial charge in [0.05, 0.1) is 19.2 Å². The zero-order valence-electron chi connectivity index (χ0n) is 15.2. The van der Waals surface area contributed by atoms with Gasteiger partial charge < -0.3 is 15.4 Å². The minimum absolute atomic E-state index is 0.0477. The lowest BCUT2D eigenvalue weighted by atomic mass is 9.93. The van der Waals surface area contributed by atoms with Crippen molar-refractivity contribution >= 4 is 23.5 Å². The number of imide groups is 1. The third-order valence-corrected chi connectivity index (χ3v) is 5.72. The Morgan fingerprint density at radius 3 is 2.63 bits per heavy atom. The molecule has 4 amide bonds. The molecule has 1 saturated carbocycles. The Morgan fingerprint density at radius 1 is 1.22 bits per heavy atom. The lowest BCUT2D eigenvalue weighted by molar-refractivity contribution is -0.125. The molecule has 2 fully saturated rings. The van der Waals surface area contributed by atoms with E-state index in [1.807, 2.05) is 0 Å². The van der Waals surface area contributed by atoms with Crippen molar-refractivity contribution in [3.63, 3.8) is 0 Å². The molecule has 1 aromatic rings. The Hall–Kier alpha value is -2.83. The highest BCUT2D eigenvalue weighted by Crippen LogP contribution is 2.42. The number of benzene rings is 1. The summed E-state index contributed by atoms with van der Waals surface area (Å²) in [5.74, 6) is 1.71. The predicted octanol–water partition coefficient (Wildman–Crippen LogP) is 1.84. The van der Waals surface area contributed by atoms with Crippen LogP contribution in [0.1, 0.15) is 19.3 Å². The molecule has 4 atom stereocenters. The molecule has 1 saturated heterocycles. The second-order valence-corrected chi connectivity index (χ2v) is 7.42. The van der Waals surface area contributed by atoms with Crippen LogP contribution in [0, 0.1) is 17.8 Å².